The summed E-state index contributed by atoms with van der Waals surface area (Å²) in [6.45, 7) is 4.80. The van der Waals surface area contributed by atoms with Crippen LogP contribution in [0.15, 0.2) is 65.0 Å². The largest absolute Gasteiger partial charge is 0.478 e. The van der Waals surface area contributed by atoms with Crippen molar-refractivity contribution >= 4 is 22.6 Å². The highest BCUT2D eigenvalue weighted by atomic mass is 16.4. The lowest BCUT2D eigenvalue weighted by molar-refractivity contribution is 0.0697. The van der Waals surface area contributed by atoms with Gasteiger partial charge in [-0.15, -0.1) is 0 Å². The second kappa shape index (κ2) is 6.66. The lowest BCUT2D eigenvalue weighted by Gasteiger charge is -2.08. The maximum absolute atomic E-state index is 10.8. The summed E-state index contributed by atoms with van der Waals surface area (Å²) < 4.78 is 2.24. The normalized spacial score (nSPS) is 11.6. The number of carbonyl (C=O) groups is 1. The summed E-state index contributed by atoms with van der Waals surface area (Å²) in [4.78, 5) is 10.8. The van der Waals surface area contributed by atoms with Crippen molar-refractivity contribution in [3.8, 4) is 0 Å². The zero-order chi connectivity index (χ0) is 17.1. The smallest absolute Gasteiger partial charge is 0.335 e. The van der Waals surface area contributed by atoms with Gasteiger partial charge in [0.1, 0.15) is 0 Å². The summed E-state index contributed by atoms with van der Waals surface area (Å²) in [6, 6.07) is 15.0. The first-order chi connectivity index (χ1) is 11.6. The first-order valence-electron chi connectivity index (χ1n) is 7.85. The van der Waals surface area contributed by atoms with Gasteiger partial charge in [-0.25, -0.2) is 4.79 Å². The van der Waals surface area contributed by atoms with Crippen molar-refractivity contribution < 1.29 is 9.90 Å². The van der Waals surface area contributed by atoms with E-state index in [1.807, 2.05) is 12.1 Å². The van der Waals surface area contributed by atoms with Crippen molar-refractivity contribution in [2.75, 3.05) is 0 Å². The maximum atomic E-state index is 10.8. The van der Waals surface area contributed by atoms with Crippen molar-refractivity contribution in [2.45, 2.75) is 26.4 Å². The van der Waals surface area contributed by atoms with Gasteiger partial charge in [-0.1, -0.05) is 18.2 Å². The minimum Gasteiger partial charge on any atom is -0.478 e. The zero-order valence-electron chi connectivity index (χ0n) is 13.7. The lowest BCUT2D eigenvalue weighted by Crippen LogP contribution is -1.97. The molecule has 0 radical (unpaired) electrons. The number of hydrogen-bond donors (Lipinski definition) is 1. The molecule has 1 heterocycles. The molecule has 0 aliphatic carbocycles. The highest BCUT2D eigenvalue weighted by molar-refractivity contribution is 5.87. The van der Waals surface area contributed by atoms with Crippen LogP contribution in [0.4, 0.5) is 5.69 Å². The Labute approximate surface area is 140 Å². The molecule has 1 aromatic heterocycles. The lowest BCUT2D eigenvalue weighted by atomic mass is 10.2. The van der Waals surface area contributed by atoms with E-state index in [1.165, 1.54) is 23.0 Å². The van der Waals surface area contributed by atoms with Gasteiger partial charge in [-0.2, -0.15) is 10.2 Å². The number of rotatable bonds is 5. The Kier molecular flexibility index (Phi) is 4.42. The molecule has 2 aromatic carbocycles. The van der Waals surface area contributed by atoms with E-state index in [1.54, 1.807) is 12.1 Å². The second-order valence-corrected chi connectivity index (χ2v) is 5.92. The SMILES string of the molecule is CC(C)n1cc(CN=Nc2ccc(C(=O)O)cc2)c2ccccc21. The monoisotopic (exact) mass is 321 g/mol. The summed E-state index contributed by atoms with van der Waals surface area (Å²) in [5, 5.41) is 18.5. The molecule has 0 unspecified atom stereocenters. The highest BCUT2D eigenvalue weighted by Crippen LogP contribution is 2.25. The quantitative estimate of drug-likeness (QED) is 0.656. The maximum Gasteiger partial charge on any atom is 0.335 e. The molecule has 1 N–H and O–H groups in total. The van der Waals surface area contributed by atoms with E-state index in [0.29, 0.717) is 18.3 Å². The van der Waals surface area contributed by atoms with E-state index >= 15 is 0 Å². The predicted molar refractivity (Wildman–Crippen MR) is 93.9 cm³/mol. The molecule has 5 heteroatoms. The average Bonchev–Trinajstić information content (AvgIpc) is 2.95. The van der Waals surface area contributed by atoms with Gasteiger partial charge in [-0.3, -0.25) is 0 Å². The van der Waals surface area contributed by atoms with Gasteiger partial charge in [-0.05, 0) is 44.2 Å². The van der Waals surface area contributed by atoms with Crippen LogP contribution in [-0.2, 0) is 6.54 Å². The van der Waals surface area contributed by atoms with Crippen LogP contribution in [-0.4, -0.2) is 15.6 Å². The third-order valence-corrected chi connectivity index (χ3v) is 3.92. The average molecular weight is 321 g/mol. The van der Waals surface area contributed by atoms with Crippen molar-refractivity contribution in [1.29, 1.82) is 0 Å². The second-order valence-electron chi connectivity index (χ2n) is 5.92. The van der Waals surface area contributed by atoms with Gasteiger partial charge < -0.3 is 9.67 Å². The first kappa shape index (κ1) is 15.9. The number of azo groups is 1. The van der Waals surface area contributed by atoms with Crippen LogP contribution < -0.4 is 0 Å². The number of nitrogens with zero attached hydrogens (tertiary/aromatic N) is 3. The number of carboxylic acids is 1. The Morgan fingerprint density at radius 2 is 1.83 bits per heavy atom. The summed E-state index contributed by atoms with van der Waals surface area (Å²) in [5.74, 6) is -0.944. The van der Waals surface area contributed by atoms with Crippen LogP contribution in [0.1, 0.15) is 35.8 Å². The molecule has 0 amide bonds. The van der Waals surface area contributed by atoms with E-state index in [-0.39, 0.29) is 5.56 Å². The Bertz CT molecular complexity index is 893. The molecule has 122 valence electrons. The molecule has 0 fully saturated rings. The van der Waals surface area contributed by atoms with Crippen LogP contribution >= 0.6 is 0 Å². The molecule has 0 spiro atoms. The molecule has 24 heavy (non-hydrogen) atoms. The molecule has 0 saturated carbocycles. The fourth-order valence-corrected chi connectivity index (χ4v) is 2.69. The van der Waals surface area contributed by atoms with Crippen LogP contribution in [0.25, 0.3) is 10.9 Å². The van der Waals surface area contributed by atoms with Gasteiger partial charge in [0.15, 0.2) is 0 Å². The van der Waals surface area contributed by atoms with Gasteiger partial charge >= 0.3 is 5.97 Å². The fraction of sp³-hybridized carbons (Fsp3) is 0.211. The molecule has 0 aliphatic rings. The number of fused-ring (bicyclic) bond motifs is 1. The molecular formula is C19H19N3O2. The van der Waals surface area contributed by atoms with Crippen LogP contribution in [0, 0.1) is 0 Å². The van der Waals surface area contributed by atoms with Crippen molar-refractivity contribution in [3.05, 3.63) is 65.9 Å². The zero-order valence-corrected chi connectivity index (χ0v) is 13.7. The minimum atomic E-state index is -0.944. The number of benzene rings is 2. The molecular weight excluding hydrogens is 302 g/mol. The molecule has 0 saturated heterocycles. The molecule has 0 bridgehead atoms. The van der Waals surface area contributed by atoms with Crippen molar-refractivity contribution in [2.24, 2.45) is 10.2 Å². The molecule has 3 rings (SSSR count). The summed E-state index contributed by atoms with van der Waals surface area (Å²) in [6.07, 6.45) is 2.13. The number of aromatic carboxylic acids is 1. The third kappa shape index (κ3) is 3.20. The molecule has 0 atom stereocenters. The van der Waals surface area contributed by atoms with Crippen LogP contribution in [0.2, 0.25) is 0 Å². The fourth-order valence-electron chi connectivity index (χ4n) is 2.69. The topological polar surface area (TPSA) is 67.0 Å². The van der Waals surface area contributed by atoms with Gasteiger partial charge in [0.05, 0.1) is 17.8 Å². The number of aromatic nitrogens is 1. The van der Waals surface area contributed by atoms with E-state index in [0.717, 1.165) is 5.56 Å². The third-order valence-electron chi connectivity index (χ3n) is 3.92. The van der Waals surface area contributed by atoms with Crippen molar-refractivity contribution in [1.82, 2.24) is 4.57 Å². The predicted octanol–water partition coefficient (Wildman–Crippen LogP) is 5.20. The Morgan fingerprint density at radius 1 is 1.12 bits per heavy atom. The summed E-state index contributed by atoms with van der Waals surface area (Å²) in [7, 11) is 0. The Morgan fingerprint density at radius 3 is 2.50 bits per heavy atom. The van der Waals surface area contributed by atoms with E-state index < -0.39 is 5.97 Å². The first-order valence-corrected chi connectivity index (χ1v) is 7.85. The molecule has 3 aromatic rings. The number of carboxylic acid groups (broad SMARTS) is 1. The number of para-hydroxylation sites is 1. The Hall–Kier alpha value is -2.95. The standard InChI is InChI=1S/C19H19N3O2/c1-13(2)22-12-15(17-5-3-4-6-18(17)22)11-20-21-16-9-7-14(8-10-16)19(23)24/h3-10,12-13H,11H2,1-2H3,(H,23,24). The van der Waals surface area contributed by atoms with E-state index in [9.17, 15) is 4.79 Å². The van der Waals surface area contributed by atoms with E-state index in [4.69, 9.17) is 5.11 Å². The van der Waals surface area contributed by atoms with Crippen LogP contribution in [0.3, 0.4) is 0 Å². The van der Waals surface area contributed by atoms with E-state index in [2.05, 4.69) is 47.0 Å². The summed E-state index contributed by atoms with van der Waals surface area (Å²) >= 11 is 0. The van der Waals surface area contributed by atoms with Gasteiger partial charge in [0, 0.05) is 28.7 Å². The molecule has 5 nitrogen and oxygen atoms in total. The molecule has 0 aliphatic heterocycles. The highest BCUT2D eigenvalue weighted by Gasteiger charge is 2.09. The van der Waals surface area contributed by atoms with Crippen molar-refractivity contribution in [3.63, 3.8) is 0 Å². The number of hydrogen-bond acceptors (Lipinski definition) is 3. The minimum absolute atomic E-state index is 0.244. The van der Waals surface area contributed by atoms with Gasteiger partial charge in [0.2, 0.25) is 0 Å². The summed E-state index contributed by atoms with van der Waals surface area (Å²) in [5.41, 5.74) is 3.22. The Balaban J connectivity index is 1.81. The van der Waals surface area contributed by atoms with Crippen LogP contribution in [0.5, 0.6) is 0 Å². The van der Waals surface area contributed by atoms with Gasteiger partial charge in [0.25, 0.3) is 0 Å².